The molecule has 0 aromatic rings. The predicted octanol–water partition coefficient (Wildman–Crippen LogP) is 0.443. The largest absolute Gasteiger partial charge is 0.481 e. The van der Waals surface area contributed by atoms with Gasteiger partial charge in [-0.15, -0.1) is 0 Å². The number of carboxylic acid groups (broad SMARTS) is 1. The van der Waals surface area contributed by atoms with Gasteiger partial charge in [-0.05, 0) is 37.5 Å². The van der Waals surface area contributed by atoms with E-state index >= 15 is 0 Å². The maximum absolute atomic E-state index is 12.9. The number of aliphatic carboxylic acids is 1. The molecule has 0 aromatic carbocycles. The van der Waals surface area contributed by atoms with Gasteiger partial charge >= 0.3 is 11.9 Å². The summed E-state index contributed by atoms with van der Waals surface area (Å²) in [6.07, 6.45) is 1.65. The number of Topliss-reactive ketones (excluding diaryl/α,β-unsaturated/α-hetero) is 1. The summed E-state index contributed by atoms with van der Waals surface area (Å²) in [6, 6.07) is -2.04. The molecule has 2 rings (SSSR count). The first-order chi connectivity index (χ1) is 10.5. The number of carboxylic acids is 1. The van der Waals surface area contributed by atoms with Crippen LogP contribution in [-0.2, 0) is 19.1 Å². The summed E-state index contributed by atoms with van der Waals surface area (Å²) in [4.78, 5) is 35.9. The maximum atomic E-state index is 12.9. The Morgan fingerprint density at radius 2 is 1.87 bits per heavy atom. The van der Waals surface area contributed by atoms with Crippen molar-refractivity contribution < 1.29 is 24.2 Å². The van der Waals surface area contributed by atoms with E-state index in [9.17, 15) is 14.4 Å². The van der Waals surface area contributed by atoms with E-state index in [1.807, 2.05) is 0 Å². The number of carbonyl (C=O) groups excluding carboxylic acids is 2. The molecule has 2 aliphatic carbocycles. The summed E-state index contributed by atoms with van der Waals surface area (Å²) in [7, 11) is 0. The highest BCUT2D eigenvalue weighted by atomic mass is 16.6. The van der Waals surface area contributed by atoms with Gasteiger partial charge in [0.15, 0.2) is 11.4 Å². The normalized spacial score (nSPS) is 34.0. The molecule has 0 amide bonds. The lowest BCUT2D eigenvalue weighted by atomic mass is 9.74. The molecule has 5 N–H and O–H groups in total. The predicted molar refractivity (Wildman–Crippen MR) is 82.3 cm³/mol. The van der Waals surface area contributed by atoms with Crippen molar-refractivity contribution in [2.45, 2.75) is 64.1 Å². The van der Waals surface area contributed by atoms with Gasteiger partial charge in [-0.1, -0.05) is 13.8 Å². The number of esters is 1. The van der Waals surface area contributed by atoms with Gasteiger partial charge in [0.2, 0.25) is 0 Å². The van der Waals surface area contributed by atoms with Crippen molar-refractivity contribution in [1.29, 1.82) is 0 Å². The molecule has 0 saturated heterocycles. The van der Waals surface area contributed by atoms with Crippen LogP contribution in [0.15, 0.2) is 0 Å². The first kappa shape index (κ1) is 17.9. The van der Waals surface area contributed by atoms with Crippen LogP contribution in [0.1, 0.15) is 46.5 Å². The summed E-state index contributed by atoms with van der Waals surface area (Å²) >= 11 is 0. The van der Waals surface area contributed by atoms with Crippen molar-refractivity contribution >= 4 is 17.7 Å². The van der Waals surface area contributed by atoms with Gasteiger partial charge in [0.1, 0.15) is 6.04 Å². The zero-order valence-corrected chi connectivity index (χ0v) is 13.9. The van der Waals surface area contributed by atoms with E-state index < -0.39 is 41.8 Å². The van der Waals surface area contributed by atoms with Crippen molar-refractivity contribution in [2.75, 3.05) is 0 Å². The molecule has 7 nitrogen and oxygen atoms in total. The molecule has 2 bridgehead atoms. The molecule has 0 aliphatic heterocycles. The van der Waals surface area contributed by atoms with Crippen molar-refractivity contribution in [1.82, 2.24) is 0 Å². The topological polar surface area (TPSA) is 133 Å². The number of ether oxygens (including phenoxy) is 1. The van der Waals surface area contributed by atoms with Crippen LogP contribution in [0.25, 0.3) is 0 Å². The Morgan fingerprint density at radius 3 is 2.26 bits per heavy atom. The number of hydrogen-bond donors (Lipinski definition) is 3. The zero-order valence-electron chi connectivity index (χ0n) is 13.9. The Hall–Kier alpha value is -1.47. The molecule has 0 radical (unpaired) electrons. The molecule has 5 atom stereocenters. The lowest BCUT2D eigenvalue weighted by Gasteiger charge is -2.39. The first-order valence-electron chi connectivity index (χ1n) is 8.02. The van der Waals surface area contributed by atoms with Crippen LogP contribution in [0.4, 0.5) is 0 Å². The van der Waals surface area contributed by atoms with Crippen LogP contribution in [0.3, 0.4) is 0 Å². The molecule has 0 heterocycles. The first-order valence-corrected chi connectivity index (χ1v) is 8.02. The molecule has 7 heteroatoms. The molecule has 130 valence electrons. The Kier molecular flexibility index (Phi) is 4.56. The summed E-state index contributed by atoms with van der Waals surface area (Å²) in [5, 5.41) is 8.90. The molecular formula is C16H26N2O5. The monoisotopic (exact) mass is 326 g/mol. The highest BCUT2D eigenvalue weighted by molar-refractivity contribution is 5.97. The molecule has 0 spiro atoms. The molecule has 2 fully saturated rings. The number of rotatable bonds is 6. The molecule has 3 unspecified atom stereocenters. The fraction of sp³-hybridized carbons (Fsp3) is 0.812. The zero-order chi connectivity index (χ0) is 17.6. The standard InChI is InChI=1S/C16H26N2O5/c1-8(17)14(22)23-16(13(21)10(18)6-12(19)20)7-9-4-5-11(16)15(9,2)3/h8-11H,4-7,17-18H2,1-3H3,(H,19,20)/t8-,9?,10-,11?,16?/m0/s1. The van der Waals surface area contributed by atoms with Gasteiger partial charge in [0, 0.05) is 5.92 Å². The van der Waals surface area contributed by atoms with Crippen LogP contribution in [-0.4, -0.2) is 40.5 Å². The van der Waals surface area contributed by atoms with Gasteiger partial charge < -0.3 is 21.3 Å². The van der Waals surface area contributed by atoms with Gasteiger partial charge in [0.25, 0.3) is 0 Å². The van der Waals surface area contributed by atoms with Gasteiger partial charge in [-0.25, -0.2) is 0 Å². The lowest BCUT2D eigenvalue weighted by molar-refractivity contribution is -0.177. The van der Waals surface area contributed by atoms with Crippen LogP contribution < -0.4 is 11.5 Å². The minimum absolute atomic E-state index is 0.156. The van der Waals surface area contributed by atoms with Crippen molar-refractivity contribution in [2.24, 2.45) is 28.7 Å². The molecule has 2 saturated carbocycles. The van der Waals surface area contributed by atoms with Crippen molar-refractivity contribution in [3.63, 3.8) is 0 Å². The van der Waals surface area contributed by atoms with E-state index in [1.165, 1.54) is 6.92 Å². The summed E-state index contributed by atoms with van der Waals surface area (Å²) in [5.74, 6) is -2.20. The number of nitrogens with two attached hydrogens (primary N) is 2. The smallest absolute Gasteiger partial charge is 0.323 e. The number of carbonyl (C=O) groups is 3. The lowest BCUT2D eigenvalue weighted by Crippen LogP contribution is -2.57. The van der Waals surface area contributed by atoms with E-state index in [0.29, 0.717) is 6.42 Å². The fourth-order valence-electron chi connectivity index (χ4n) is 4.41. The third-order valence-corrected chi connectivity index (χ3v) is 5.67. The summed E-state index contributed by atoms with van der Waals surface area (Å²) in [6.45, 7) is 5.62. The van der Waals surface area contributed by atoms with Crippen LogP contribution in [0, 0.1) is 17.3 Å². The third kappa shape index (κ3) is 2.87. The summed E-state index contributed by atoms with van der Waals surface area (Å²) < 4.78 is 5.61. The SMILES string of the molecule is C[C@H](N)C(=O)OC1(C(=O)[C@@H](N)CC(=O)O)CC2CCC1C2(C)C. The molecular weight excluding hydrogens is 300 g/mol. The second kappa shape index (κ2) is 5.87. The molecule has 2 aliphatic rings. The van der Waals surface area contributed by atoms with E-state index in [2.05, 4.69) is 13.8 Å². The Balaban J connectivity index is 2.36. The van der Waals surface area contributed by atoms with E-state index in [4.69, 9.17) is 21.3 Å². The quantitative estimate of drug-likeness (QED) is 0.603. The van der Waals surface area contributed by atoms with Crippen molar-refractivity contribution in [3.05, 3.63) is 0 Å². The minimum Gasteiger partial charge on any atom is -0.481 e. The second-order valence-corrected chi connectivity index (χ2v) is 7.52. The maximum Gasteiger partial charge on any atom is 0.323 e. The van der Waals surface area contributed by atoms with E-state index in [1.54, 1.807) is 0 Å². The second-order valence-electron chi connectivity index (χ2n) is 7.52. The Morgan fingerprint density at radius 1 is 1.26 bits per heavy atom. The Labute approximate surface area is 135 Å². The Bertz CT molecular complexity index is 531. The van der Waals surface area contributed by atoms with Crippen LogP contribution >= 0.6 is 0 Å². The number of fused-ring (bicyclic) bond motifs is 2. The highest BCUT2D eigenvalue weighted by Crippen LogP contribution is 2.63. The van der Waals surface area contributed by atoms with Crippen LogP contribution in [0.5, 0.6) is 0 Å². The van der Waals surface area contributed by atoms with E-state index in [-0.39, 0.29) is 17.3 Å². The molecule has 23 heavy (non-hydrogen) atoms. The van der Waals surface area contributed by atoms with Gasteiger partial charge in [-0.2, -0.15) is 0 Å². The fourth-order valence-corrected chi connectivity index (χ4v) is 4.41. The number of ketones is 1. The average molecular weight is 326 g/mol. The molecule has 0 aromatic heterocycles. The van der Waals surface area contributed by atoms with Crippen molar-refractivity contribution in [3.8, 4) is 0 Å². The number of hydrogen-bond acceptors (Lipinski definition) is 6. The van der Waals surface area contributed by atoms with E-state index in [0.717, 1.165) is 12.8 Å². The minimum atomic E-state index is -1.34. The third-order valence-electron chi connectivity index (χ3n) is 5.67. The summed E-state index contributed by atoms with van der Waals surface area (Å²) in [5.41, 5.74) is 9.89. The van der Waals surface area contributed by atoms with Crippen LogP contribution in [0.2, 0.25) is 0 Å². The highest BCUT2D eigenvalue weighted by Gasteiger charge is 2.67. The van der Waals surface area contributed by atoms with Gasteiger partial charge in [0.05, 0.1) is 12.5 Å². The average Bonchev–Trinajstić information content (AvgIpc) is 2.83. The van der Waals surface area contributed by atoms with Gasteiger partial charge in [-0.3, -0.25) is 14.4 Å².